The molecule has 1 fully saturated rings. The van der Waals surface area contributed by atoms with Gasteiger partial charge in [-0.2, -0.15) is 0 Å². The summed E-state index contributed by atoms with van der Waals surface area (Å²) in [6, 6.07) is 6.03. The Labute approximate surface area is 113 Å². The summed E-state index contributed by atoms with van der Waals surface area (Å²) in [5, 5.41) is 11.7. The molecule has 0 aromatic carbocycles. The monoisotopic (exact) mass is 257 g/mol. The van der Waals surface area contributed by atoms with E-state index in [2.05, 4.69) is 20.6 Å². The average Bonchev–Trinajstić information content (AvgIpc) is 3.10. The second-order valence-corrected chi connectivity index (χ2v) is 5.25. The molecule has 1 saturated carbocycles. The van der Waals surface area contributed by atoms with Crippen molar-refractivity contribution in [2.45, 2.75) is 32.9 Å². The summed E-state index contributed by atoms with van der Waals surface area (Å²) in [6.07, 6.45) is 4.74. The Hall–Kier alpha value is -1.75. The van der Waals surface area contributed by atoms with E-state index >= 15 is 0 Å². The molecule has 100 valence electrons. The van der Waals surface area contributed by atoms with Crippen LogP contribution in [0.1, 0.15) is 29.9 Å². The first kappa shape index (κ1) is 12.3. The number of pyridine rings is 1. The third-order valence-corrected chi connectivity index (χ3v) is 3.29. The van der Waals surface area contributed by atoms with Crippen LogP contribution in [0.3, 0.4) is 0 Å². The van der Waals surface area contributed by atoms with Crippen LogP contribution < -0.4 is 5.32 Å². The van der Waals surface area contributed by atoms with Gasteiger partial charge in [-0.05, 0) is 44.4 Å². The first-order valence-electron chi connectivity index (χ1n) is 6.82. The predicted molar refractivity (Wildman–Crippen MR) is 72.5 cm³/mol. The van der Waals surface area contributed by atoms with Gasteiger partial charge < -0.3 is 5.32 Å². The van der Waals surface area contributed by atoms with Crippen LogP contribution in [0.25, 0.3) is 0 Å². The van der Waals surface area contributed by atoms with Crippen molar-refractivity contribution in [1.82, 2.24) is 25.3 Å². The standard InChI is InChI=1S/C14H19N5/c1-11-3-2-4-13(16-11)9-19-10-14(17-18-19)8-15-7-12-5-6-12/h2-4,10,12,15H,5-9H2,1H3. The highest BCUT2D eigenvalue weighted by molar-refractivity contribution is 5.10. The molecule has 0 spiro atoms. The zero-order valence-electron chi connectivity index (χ0n) is 11.2. The van der Waals surface area contributed by atoms with Gasteiger partial charge in [0.05, 0.1) is 24.1 Å². The van der Waals surface area contributed by atoms with E-state index in [1.807, 2.05) is 36.0 Å². The van der Waals surface area contributed by atoms with Gasteiger partial charge in [-0.15, -0.1) is 5.10 Å². The molecule has 19 heavy (non-hydrogen) atoms. The van der Waals surface area contributed by atoms with Gasteiger partial charge >= 0.3 is 0 Å². The van der Waals surface area contributed by atoms with Crippen LogP contribution in [0.5, 0.6) is 0 Å². The Balaban J connectivity index is 1.54. The van der Waals surface area contributed by atoms with Crippen LogP contribution in [0.2, 0.25) is 0 Å². The van der Waals surface area contributed by atoms with E-state index in [0.717, 1.165) is 36.1 Å². The molecule has 1 aliphatic carbocycles. The van der Waals surface area contributed by atoms with Crippen LogP contribution in [0, 0.1) is 12.8 Å². The summed E-state index contributed by atoms with van der Waals surface area (Å²) in [4.78, 5) is 4.47. The van der Waals surface area contributed by atoms with Crippen molar-refractivity contribution in [3.8, 4) is 0 Å². The van der Waals surface area contributed by atoms with Crippen LogP contribution in [0.4, 0.5) is 0 Å². The second-order valence-electron chi connectivity index (χ2n) is 5.25. The minimum atomic E-state index is 0.678. The molecule has 0 saturated heterocycles. The fourth-order valence-corrected chi connectivity index (χ4v) is 2.08. The molecule has 0 radical (unpaired) electrons. The first-order valence-corrected chi connectivity index (χ1v) is 6.82. The molecular formula is C14H19N5. The largest absolute Gasteiger partial charge is 0.311 e. The summed E-state index contributed by atoms with van der Waals surface area (Å²) < 4.78 is 1.84. The van der Waals surface area contributed by atoms with E-state index in [0.29, 0.717) is 6.54 Å². The molecule has 1 N–H and O–H groups in total. The zero-order valence-corrected chi connectivity index (χ0v) is 11.2. The molecule has 1 aliphatic rings. The Morgan fingerprint density at radius 3 is 3.00 bits per heavy atom. The lowest BCUT2D eigenvalue weighted by atomic mass is 10.3. The second kappa shape index (κ2) is 5.48. The maximum Gasteiger partial charge on any atom is 0.0964 e. The first-order chi connectivity index (χ1) is 9.29. The number of hydrogen-bond acceptors (Lipinski definition) is 4. The minimum absolute atomic E-state index is 0.678. The van der Waals surface area contributed by atoms with Crippen LogP contribution in [-0.2, 0) is 13.1 Å². The fourth-order valence-electron chi connectivity index (χ4n) is 2.08. The molecule has 0 bridgehead atoms. The van der Waals surface area contributed by atoms with E-state index in [1.165, 1.54) is 12.8 Å². The van der Waals surface area contributed by atoms with E-state index in [1.54, 1.807) is 0 Å². The normalized spacial score (nSPS) is 14.8. The van der Waals surface area contributed by atoms with Crippen molar-refractivity contribution in [3.63, 3.8) is 0 Å². The van der Waals surface area contributed by atoms with E-state index in [4.69, 9.17) is 0 Å². The van der Waals surface area contributed by atoms with Crippen molar-refractivity contribution in [3.05, 3.63) is 41.5 Å². The third kappa shape index (κ3) is 3.61. The summed E-state index contributed by atoms with van der Waals surface area (Å²) in [5.41, 5.74) is 3.04. The number of rotatable bonds is 6. The molecule has 0 atom stereocenters. The van der Waals surface area contributed by atoms with Crippen LogP contribution >= 0.6 is 0 Å². The molecule has 2 aromatic rings. The van der Waals surface area contributed by atoms with Gasteiger partial charge in [0.25, 0.3) is 0 Å². The molecule has 2 aromatic heterocycles. The molecule has 2 heterocycles. The highest BCUT2D eigenvalue weighted by Crippen LogP contribution is 2.27. The molecule has 0 unspecified atom stereocenters. The quantitative estimate of drug-likeness (QED) is 0.852. The van der Waals surface area contributed by atoms with Crippen LogP contribution in [-0.4, -0.2) is 26.5 Å². The topological polar surface area (TPSA) is 55.6 Å². The average molecular weight is 257 g/mol. The van der Waals surface area contributed by atoms with Crippen molar-refractivity contribution in [1.29, 1.82) is 0 Å². The van der Waals surface area contributed by atoms with E-state index in [-0.39, 0.29) is 0 Å². The molecule has 5 nitrogen and oxygen atoms in total. The smallest absolute Gasteiger partial charge is 0.0964 e. The lowest BCUT2D eigenvalue weighted by Crippen LogP contribution is -2.16. The lowest BCUT2D eigenvalue weighted by molar-refractivity contribution is 0.625. The number of hydrogen-bond donors (Lipinski definition) is 1. The van der Waals surface area contributed by atoms with E-state index < -0.39 is 0 Å². The number of nitrogens with zero attached hydrogens (tertiary/aromatic N) is 4. The molecule has 0 amide bonds. The Bertz CT molecular complexity index is 544. The summed E-state index contributed by atoms with van der Waals surface area (Å²) in [5.74, 6) is 0.895. The number of aryl methyl sites for hydroxylation is 1. The lowest BCUT2D eigenvalue weighted by Gasteiger charge is -2.01. The molecule has 0 aliphatic heterocycles. The highest BCUT2D eigenvalue weighted by atomic mass is 15.4. The number of aromatic nitrogens is 4. The zero-order chi connectivity index (χ0) is 13.1. The fraction of sp³-hybridized carbons (Fsp3) is 0.500. The van der Waals surface area contributed by atoms with Gasteiger partial charge in [0, 0.05) is 12.2 Å². The van der Waals surface area contributed by atoms with Crippen molar-refractivity contribution < 1.29 is 0 Å². The Morgan fingerprint density at radius 1 is 1.32 bits per heavy atom. The van der Waals surface area contributed by atoms with Gasteiger partial charge in [-0.3, -0.25) is 4.98 Å². The highest BCUT2D eigenvalue weighted by Gasteiger charge is 2.20. The molecule has 3 rings (SSSR count). The van der Waals surface area contributed by atoms with Crippen molar-refractivity contribution in [2.24, 2.45) is 5.92 Å². The SMILES string of the molecule is Cc1cccc(Cn2cc(CNCC3CC3)nn2)n1. The summed E-state index contributed by atoms with van der Waals surface area (Å²) in [6.45, 7) is 4.58. The van der Waals surface area contributed by atoms with Crippen molar-refractivity contribution in [2.75, 3.05) is 6.54 Å². The molecule has 5 heteroatoms. The summed E-state index contributed by atoms with van der Waals surface area (Å²) in [7, 11) is 0. The van der Waals surface area contributed by atoms with Crippen molar-refractivity contribution >= 4 is 0 Å². The summed E-state index contributed by atoms with van der Waals surface area (Å²) >= 11 is 0. The number of nitrogens with one attached hydrogen (secondary N) is 1. The predicted octanol–water partition coefficient (Wildman–Crippen LogP) is 1.53. The maximum absolute atomic E-state index is 4.47. The van der Waals surface area contributed by atoms with Gasteiger partial charge in [-0.1, -0.05) is 11.3 Å². The minimum Gasteiger partial charge on any atom is -0.311 e. The Morgan fingerprint density at radius 2 is 2.21 bits per heavy atom. The third-order valence-electron chi connectivity index (χ3n) is 3.29. The maximum atomic E-state index is 4.47. The van der Waals surface area contributed by atoms with Gasteiger partial charge in [0.15, 0.2) is 0 Å². The van der Waals surface area contributed by atoms with Gasteiger partial charge in [0.1, 0.15) is 0 Å². The Kier molecular flexibility index (Phi) is 3.55. The van der Waals surface area contributed by atoms with Gasteiger partial charge in [0.2, 0.25) is 0 Å². The van der Waals surface area contributed by atoms with Gasteiger partial charge in [-0.25, -0.2) is 4.68 Å². The van der Waals surface area contributed by atoms with E-state index in [9.17, 15) is 0 Å². The molecular weight excluding hydrogens is 238 g/mol. The van der Waals surface area contributed by atoms with Crippen LogP contribution in [0.15, 0.2) is 24.4 Å².